The lowest BCUT2D eigenvalue weighted by molar-refractivity contribution is -0.113. The van der Waals surface area contributed by atoms with Gasteiger partial charge in [-0.3, -0.25) is 14.6 Å². The molecule has 33 heavy (non-hydrogen) atoms. The quantitative estimate of drug-likeness (QED) is 0.718. The van der Waals surface area contributed by atoms with Crippen LogP contribution in [0.5, 0.6) is 5.75 Å². The second kappa shape index (κ2) is 10.3. The lowest BCUT2D eigenvalue weighted by atomic mass is 10.0. The van der Waals surface area contributed by atoms with Crippen LogP contribution in [0.25, 0.3) is 0 Å². The van der Waals surface area contributed by atoms with Gasteiger partial charge in [0, 0.05) is 41.7 Å². The van der Waals surface area contributed by atoms with Gasteiger partial charge in [-0.05, 0) is 75.1 Å². The molecule has 2 amide bonds. The molecular formula is C26H28N4O3. The van der Waals surface area contributed by atoms with E-state index in [2.05, 4.69) is 15.4 Å². The predicted octanol–water partition coefficient (Wildman–Crippen LogP) is 4.37. The molecule has 4 rings (SSSR count). The SMILES string of the molecule is CCOc1cc(C2=NN(C(=O)c3ccc(NC(=O)C4=CC=NCC4)cc3)CCC2)ccc1C. The Bertz CT molecular complexity index is 1130. The largest absolute Gasteiger partial charge is 0.494 e. The van der Waals surface area contributed by atoms with Crippen molar-refractivity contribution in [2.75, 3.05) is 25.0 Å². The van der Waals surface area contributed by atoms with E-state index in [-0.39, 0.29) is 11.8 Å². The van der Waals surface area contributed by atoms with E-state index in [4.69, 9.17) is 4.74 Å². The highest BCUT2D eigenvalue weighted by Crippen LogP contribution is 2.24. The van der Waals surface area contributed by atoms with Gasteiger partial charge in [-0.15, -0.1) is 0 Å². The number of aryl methyl sites for hydroxylation is 1. The molecule has 0 spiro atoms. The Kier molecular flexibility index (Phi) is 6.98. The van der Waals surface area contributed by atoms with Gasteiger partial charge in [-0.2, -0.15) is 5.10 Å². The van der Waals surface area contributed by atoms with Gasteiger partial charge in [-0.25, -0.2) is 5.01 Å². The molecule has 7 nitrogen and oxygen atoms in total. The molecule has 7 heteroatoms. The molecule has 0 saturated carbocycles. The fraction of sp³-hybridized carbons (Fsp3) is 0.308. The summed E-state index contributed by atoms with van der Waals surface area (Å²) in [5, 5.41) is 9.05. The van der Waals surface area contributed by atoms with Crippen LogP contribution >= 0.6 is 0 Å². The van der Waals surface area contributed by atoms with Gasteiger partial charge in [-0.1, -0.05) is 12.1 Å². The maximum atomic E-state index is 13.1. The highest BCUT2D eigenvalue weighted by Gasteiger charge is 2.21. The van der Waals surface area contributed by atoms with E-state index < -0.39 is 0 Å². The zero-order valence-corrected chi connectivity index (χ0v) is 19.0. The lowest BCUT2D eigenvalue weighted by Crippen LogP contribution is -2.32. The second-order valence-electron chi connectivity index (χ2n) is 8.02. The smallest absolute Gasteiger partial charge is 0.273 e. The molecule has 2 aromatic carbocycles. The third-order valence-corrected chi connectivity index (χ3v) is 5.65. The first-order chi connectivity index (χ1) is 16.0. The predicted molar refractivity (Wildman–Crippen MR) is 130 cm³/mol. The van der Waals surface area contributed by atoms with Crippen molar-refractivity contribution >= 4 is 29.4 Å². The molecule has 170 valence electrons. The molecule has 2 heterocycles. The van der Waals surface area contributed by atoms with Gasteiger partial charge in [0.2, 0.25) is 0 Å². The Hall–Kier alpha value is -3.74. The molecule has 0 aliphatic carbocycles. The summed E-state index contributed by atoms with van der Waals surface area (Å²) in [7, 11) is 0. The Morgan fingerprint density at radius 1 is 1.12 bits per heavy atom. The highest BCUT2D eigenvalue weighted by atomic mass is 16.5. The Labute approximate surface area is 193 Å². The molecule has 1 N–H and O–H groups in total. The minimum absolute atomic E-state index is 0.144. The molecule has 2 aromatic rings. The summed E-state index contributed by atoms with van der Waals surface area (Å²) < 4.78 is 5.71. The van der Waals surface area contributed by atoms with Crippen molar-refractivity contribution in [2.24, 2.45) is 10.1 Å². The average Bonchev–Trinajstić information content (AvgIpc) is 2.86. The Morgan fingerprint density at radius 3 is 2.67 bits per heavy atom. The van der Waals surface area contributed by atoms with E-state index in [0.717, 1.165) is 35.4 Å². The van der Waals surface area contributed by atoms with Crippen LogP contribution in [0.4, 0.5) is 5.69 Å². The maximum Gasteiger partial charge on any atom is 0.273 e. The van der Waals surface area contributed by atoms with Gasteiger partial charge in [0.15, 0.2) is 0 Å². The van der Waals surface area contributed by atoms with Crippen molar-refractivity contribution in [1.82, 2.24) is 5.01 Å². The Balaban J connectivity index is 1.46. The number of carbonyl (C=O) groups excluding carboxylic acids is 2. The fourth-order valence-corrected chi connectivity index (χ4v) is 3.81. The molecule has 0 unspecified atom stereocenters. The number of carbonyl (C=O) groups is 2. The number of dihydropyridines is 1. The first kappa shape index (κ1) is 22.5. The number of benzene rings is 2. The third-order valence-electron chi connectivity index (χ3n) is 5.65. The van der Waals surface area contributed by atoms with E-state index in [0.29, 0.717) is 42.9 Å². The third kappa shape index (κ3) is 5.37. The molecule has 0 atom stereocenters. The van der Waals surface area contributed by atoms with Crippen LogP contribution in [-0.4, -0.2) is 48.4 Å². The summed E-state index contributed by atoms with van der Waals surface area (Å²) in [6.07, 6.45) is 5.66. The number of aliphatic imine (C=N–C) groups is 1. The van der Waals surface area contributed by atoms with Crippen molar-refractivity contribution in [3.63, 3.8) is 0 Å². The molecule has 0 radical (unpaired) electrons. The van der Waals surface area contributed by atoms with Gasteiger partial charge in [0.25, 0.3) is 11.8 Å². The van der Waals surface area contributed by atoms with Crippen molar-refractivity contribution in [3.05, 3.63) is 70.8 Å². The monoisotopic (exact) mass is 444 g/mol. The second-order valence-corrected chi connectivity index (χ2v) is 8.02. The normalized spacial score (nSPS) is 15.5. The van der Waals surface area contributed by atoms with Crippen LogP contribution in [0.2, 0.25) is 0 Å². The van der Waals surface area contributed by atoms with Crippen molar-refractivity contribution < 1.29 is 14.3 Å². The lowest BCUT2D eigenvalue weighted by Gasteiger charge is -2.24. The van der Waals surface area contributed by atoms with Gasteiger partial charge in [0.1, 0.15) is 5.75 Å². The summed E-state index contributed by atoms with van der Waals surface area (Å²) >= 11 is 0. The topological polar surface area (TPSA) is 83.4 Å². The van der Waals surface area contributed by atoms with E-state index >= 15 is 0 Å². The minimum atomic E-state index is -0.159. The summed E-state index contributed by atoms with van der Waals surface area (Å²) in [6, 6.07) is 13.0. The van der Waals surface area contributed by atoms with E-state index in [1.807, 2.05) is 32.0 Å². The van der Waals surface area contributed by atoms with Crippen LogP contribution in [0.15, 0.2) is 64.2 Å². The van der Waals surface area contributed by atoms with Crippen LogP contribution in [0.1, 0.15) is 47.7 Å². The van der Waals surface area contributed by atoms with Gasteiger partial charge in [0.05, 0.1) is 12.3 Å². The van der Waals surface area contributed by atoms with E-state index in [1.165, 1.54) is 5.01 Å². The highest BCUT2D eigenvalue weighted by molar-refractivity contribution is 6.07. The fourth-order valence-electron chi connectivity index (χ4n) is 3.81. The van der Waals surface area contributed by atoms with Crippen molar-refractivity contribution in [1.29, 1.82) is 0 Å². The number of hydrazone groups is 1. The molecule has 2 aliphatic rings. The van der Waals surface area contributed by atoms with Crippen LogP contribution in [0.3, 0.4) is 0 Å². The number of allylic oxidation sites excluding steroid dienone is 1. The van der Waals surface area contributed by atoms with Crippen molar-refractivity contribution in [3.8, 4) is 5.75 Å². The molecule has 0 aromatic heterocycles. The zero-order chi connectivity index (χ0) is 23.2. The molecule has 0 bridgehead atoms. The van der Waals surface area contributed by atoms with Crippen LogP contribution < -0.4 is 10.1 Å². The number of amides is 2. The average molecular weight is 445 g/mol. The van der Waals surface area contributed by atoms with E-state index in [9.17, 15) is 9.59 Å². The summed E-state index contributed by atoms with van der Waals surface area (Å²) in [5.41, 5.74) is 4.80. The number of nitrogens with one attached hydrogen (secondary N) is 1. The number of anilines is 1. The molecule has 0 fully saturated rings. The van der Waals surface area contributed by atoms with E-state index in [1.54, 1.807) is 36.6 Å². The summed E-state index contributed by atoms with van der Waals surface area (Å²) in [6.45, 7) is 5.77. The number of nitrogens with zero attached hydrogens (tertiary/aromatic N) is 3. The Morgan fingerprint density at radius 2 is 1.94 bits per heavy atom. The van der Waals surface area contributed by atoms with Gasteiger partial charge >= 0.3 is 0 Å². The van der Waals surface area contributed by atoms with Crippen LogP contribution in [0, 0.1) is 6.92 Å². The minimum Gasteiger partial charge on any atom is -0.494 e. The molecular weight excluding hydrogens is 416 g/mol. The first-order valence-corrected chi connectivity index (χ1v) is 11.3. The molecule has 2 aliphatic heterocycles. The van der Waals surface area contributed by atoms with Crippen LogP contribution in [-0.2, 0) is 4.79 Å². The number of hydrogen-bond donors (Lipinski definition) is 1. The molecule has 0 saturated heterocycles. The standard InChI is InChI=1S/C26H28N4O3/c1-3-33-24-17-21(7-6-18(24)2)23-5-4-16-30(29-23)26(32)20-8-10-22(11-9-20)28-25(31)19-12-14-27-15-13-19/h6-12,14,17H,3-5,13,15-16H2,1-2H3,(H,28,31). The van der Waals surface area contributed by atoms with Gasteiger partial charge < -0.3 is 10.1 Å². The van der Waals surface area contributed by atoms with Crippen molar-refractivity contribution in [2.45, 2.75) is 33.1 Å². The number of rotatable bonds is 6. The summed E-state index contributed by atoms with van der Waals surface area (Å²) in [5.74, 6) is 0.540. The zero-order valence-electron chi connectivity index (χ0n) is 19.0. The maximum absolute atomic E-state index is 13.1. The summed E-state index contributed by atoms with van der Waals surface area (Å²) in [4.78, 5) is 29.5. The number of hydrogen-bond acceptors (Lipinski definition) is 5. The first-order valence-electron chi connectivity index (χ1n) is 11.3. The number of ether oxygens (including phenoxy) is 1.